The van der Waals surface area contributed by atoms with Gasteiger partial charge in [-0.25, -0.2) is 4.39 Å². The second kappa shape index (κ2) is 5.74. The van der Waals surface area contributed by atoms with Crippen molar-refractivity contribution in [1.29, 1.82) is 0 Å². The van der Waals surface area contributed by atoms with Crippen molar-refractivity contribution in [1.82, 2.24) is 0 Å². The van der Waals surface area contributed by atoms with Gasteiger partial charge in [-0.3, -0.25) is 0 Å². The normalized spacial score (nSPS) is 11.3. The van der Waals surface area contributed by atoms with E-state index in [2.05, 4.69) is 0 Å². The fourth-order valence-electron chi connectivity index (χ4n) is 2.57. The average Bonchev–Trinajstić information content (AvgIpc) is 2.56. The molecule has 3 rings (SSSR count). The first kappa shape index (κ1) is 13.9. The lowest BCUT2D eigenvalue weighted by Gasteiger charge is -2.30. The summed E-state index contributed by atoms with van der Waals surface area (Å²) in [7, 11) is 0. The number of hydrogen-bond acceptors (Lipinski definition) is 1. The van der Waals surface area contributed by atoms with Crippen molar-refractivity contribution in [2.75, 3.05) is 0 Å². The summed E-state index contributed by atoms with van der Waals surface area (Å²) < 4.78 is 13.0. The lowest BCUT2D eigenvalue weighted by molar-refractivity contribution is 0.624. The van der Waals surface area contributed by atoms with E-state index < -0.39 is 4.75 Å². The molecule has 3 aromatic rings. The topological polar surface area (TPSA) is 0 Å². The summed E-state index contributed by atoms with van der Waals surface area (Å²) in [4.78, 5) is 0. The minimum Gasteiger partial charge on any atom is -0.207 e. The van der Waals surface area contributed by atoms with Gasteiger partial charge in [0.1, 0.15) is 5.82 Å². The molecule has 0 N–H and O–H groups in total. The summed E-state index contributed by atoms with van der Waals surface area (Å²) in [6.07, 6.45) is 0. The van der Waals surface area contributed by atoms with E-state index in [4.69, 9.17) is 12.6 Å². The minimum atomic E-state index is -0.676. The van der Waals surface area contributed by atoms with Gasteiger partial charge in [0.05, 0.1) is 4.75 Å². The van der Waals surface area contributed by atoms with E-state index in [1.165, 1.54) is 6.07 Å². The van der Waals surface area contributed by atoms with Crippen molar-refractivity contribution in [3.63, 3.8) is 0 Å². The highest BCUT2D eigenvalue weighted by atomic mass is 32.1. The third-order valence-electron chi connectivity index (χ3n) is 3.63. The Labute approximate surface area is 129 Å². The van der Waals surface area contributed by atoms with Gasteiger partial charge in [0.25, 0.3) is 0 Å². The van der Waals surface area contributed by atoms with Crippen molar-refractivity contribution >= 4 is 12.6 Å². The van der Waals surface area contributed by atoms with Crippen LogP contribution in [0.3, 0.4) is 0 Å². The predicted molar refractivity (Wildman–Crippen MR) is 88.2 cm³/mol. The van der Waals surface area contributed by atoms with Gasteiger partial charge >= 0.3 is 0 Å². The van der Waals surface area contributed by atoms with Crippen molar-refractivity contribution in [3.05, 3.63) is 107 Å². The first-order chi connectivity index (χ1) is 10.2. The fourth-order valence-corrected chi connectivity index (χ4v) is 3.01. The van der Waals surface area contributed by atoms with Gasteiger partial charge in [0, 0.05) is 0 Å². The summed E-state index contributed by atoms with van der Waals surface area (Å²) in [5, 5.41) is 0. The van der Waals surface area contributed by atoms with Crippen LogP contribution in [-0.2, 0) is 4.75 Å². The predicted octanol–water partition coefficient (Wildman–Crippen LogP) is 5.05. The lowest BCUT2D eigenvalue weighted by Crippen LogP contribution is -2.22. The number of rotatable bonds is 3. The number of hydrogen-bond donors (Lipinski definition) is 1. The standard InChI is InChI=1S/C19H15FS/c20-18-13-7-12-17(14-18)19(21,15-8-3-1-4-9-15)16-10-5-2-6-11-16/h1-14,21H/i20-1. The molecule has 0 aromatic heterocycles. The molecular weight excluding hydrogens is 278 g/mol. The summed E-state index contributed by atoms with van der Waals surface area (Å²) in [5.74, 6) is -0.252. The monoisotopic (exact) mass is 293 g/mol. The SMILES string of the molecule is [18F]c1cccc(C(S)(c2ccccc2)c2ccccc2)c1. The Morgan fingerprint density at radius 2 is 1.10 bits per heavy atom. The van der Waals surface area contributed by atoms with E-state index in [1.54, 1.807) is 12.1 Å². The molecule has 0 aliphatic carbocycles. The molecule has 0 aliphatic heterocycles. The molecule has 0 bridgehead atoms. The van der Waals surface area contributed by atoms with Gasteiger partial charge in [-0.05, 0) is 28.8 Å². The van der Waals surface area contributed by atoms with E-state index in [0.29, 0.717) is 0 Å². The van der Waals surface area contributed by atoms with Gasteiger partial charge in [0.15, 0.2) is 0 Å². The van der Waals surface area contributed by atoms with Crippen LogP contribution in [0.2, 0.25) is 0 Å². The molecule has 0 radical (unpaired) electrons. The molecule has 2 heteroatoms. The van der Waals surface area contributed by atoms with E-state index >= 15 is 0 Å². The third kappa shape index (κ3) is 2.59. The second-order valence-corrected chi connectivity index (χ2v) is 5.62. The van der Waals surface area contributed by atoms with Crippen LogP contribution >= 0.6 is 12.6 Å². The van der Waals surface area contributed by atoms with Crippen LogP contribution in [0, 0.1) is 5.82 Å². The van der Waals surface area contributed by atoms with E-state index in [1.807, 2.05) is 66.7 Å². The minimum absolute atomic E-state index is 0.252. The van der Waals surface area contributed by atoms with Gasteiger partial charge in [-0.15, -0.1) is 0 Å². The van der Waals surface area contributed by atoms with Gasteiger partial charge < -0.3 is 0 Å². The molecule has 3 aromatic carbocycles. The zero-order valence-corrected chi connectivity index (χ0v) is 12.3. The van der Waals surface area contributed by atoms with Crippen LogP contribution in [0.5, 0.6) is 0 Å². The highest BCUT2D eigenvalue weighted by Crippen LogP contribution is 2.42. The van der Waals surface area contributed by atoms with Crippen molar-refractivity contribution in [2.24, 2.45) is 0 Å². The fraction of sp³-hybridized carbons (Fsp3) is 0.0526. The van der Waals surface area contributed by atoms with E-state index in [-0.39, 0.29) is 5.82 Å². The van der Waals surface area contributed by atoms with Crippen molar-refractivity contribution in [2.45, 2.75) is 4.75 Å². The number of benzene rings is 3. The van der Waals surface area contributed by atoms with Gasteiger partial charge in [-0.2, -0.15) is 12.6 Å². The maximum absolute atomic E-state index is 13.7. The Hall–Kier alpha value is -2.06. The van der Waals surface area contributed by atoms with Crippen LogP contribution < -0.4 is 0 Å². The third-order valence-corrected chi connectivity index (χ3v) is 4.40. The van der Waals surface area contributed by atoms with Crippen LogP contribution in [0.25, 0.3) is 0 Å². The molecule has 0 saturated heterocycles. The molecule has 0 unspecified atom stereocenters. The molecule has 0 spiro atoms. The summed E-state index contributed by atoms with van der Waals surface area (Å²) in [5.41, 5.74) is 2.86. The molecule has 0 saturated carbocycles. The summed E-state index contributed by atoms with van der Waals surface area (Å²) in [6, 6.07) is 26.5. The Bertz CT molecular complexity index is 683. The first-order valence-electron chi connectivity index (χ1n) is 6.81. The van der Waals surface area contributed by atoms with Crippen molar-refractivity contribution < 1.29 is 4.39 Å². The number of halogens is 1. The van der Waals surface area contributed by atoms with Crippen LogP contribution in [-0.4, -0.2) is 0 Å². The summed E-state index contributed by atoms with van der Waals surface area (Å²) >= 11 is 4.97. The zero-order valence-electron chi connectivity index (χ0n) is 11.4. The zero-order chi connectivity index (χ0) is 14.7. The van der Waals surface area contributed by atoms with E-state index in [9.17, 15) is 4.39 Å². The summed E-state index contributed by atoms with van der Waals surface area (Å²) in [6.45, 7) is 0. The molecule has 0 atom stereocenters. The average molecular weight is 293 g/mol. The molecule has 0 nitrogen and oxygen atoms in total. The molecule has 0 heterocycles. The Morgan fingerprint density at radius 3 is 1.57 bits per heavy atom. The highest BCUT2D eigenvalue weighted by molar-refractivity contribution is 7.81. The maximum atomic E-state index is 13.7. The molecule has 0 amide bonds. The highest BCUT2D eigenvalue weighted by Gasteiger charge is 2.32. The smallest absolute Gasteiger partial charge is 0.123 e. The Kier molecular flexibility index (Phi) is 3.80. The van der Waals surface area contributed by atoms with E-state index in [0.717, 1.165) is 16.7 Å². The van der Waals surface area contributed by atoms with Crippen LogP contribution in [0.1, 0.15) is 16.7 Å². The maximum Gasteiger partial charge on any atom is 0.123 e. The Morgan fingerprint density at radius 1 is 0.619 bits per heavy atom. The molecule has 0 aliphatic rings. The second-order valence-electron chi connectivity index (χ2n) is 4.95. The van der Waals surface area contributed by atoms with Crippen LogP contribution in [0.15, 0.2) is 84.9 Å². The molecule has 0 fully saturated rings. The lowest BCUT2D eigenvalue weighted by atomic mass is 9.84. The number of thiol groups is 1. The quantitative estimate of drug-likeness (QED) is 0.507. The van der Waals surface area contributed by atoms with Gasteiger partial charge in [-0.1, -0.05) is 72.8 Å². The largest absolute Gasteiger partial charge is 0.207 e. The molecular formula is C19H15FS. The van der Waals surface area contributed by atoms with Gasteiger partial charge in [0.2, 0.25) is 0 Å². The molecule has 104 valence electrons. The van der Waals surface area contributed by atoms with Crippen LogP contribution in [0.4, 0.5) is 4.39 Å². The first-order valence-corrected chi connectivity index (χ1v) is 7.25. The molecule has 21 heavy (non-hydrogen) atoms. The van der Waals surface area contributed by atoms with Crippen molar-refractivity contribution in [3.8, 4) is 0 Å². The Balaban J connectivity index is 2.25.